The Kier molecular flexibility index (Phi) is 24.2. The maximum absolute atomic E-state index is 7.32. The van der Waals surface area contributed by atoms with Gasteiger partial charge in [-0.2, -0.15) is 5.26 Å². The van der Waals surface area contributed by atoms with E-state index in [1.54, 1.807) is 6.07 Å². The quantitative estimate of drug-likeness (QED) is 0.446. The number of hydrogen-bond acceptors (Lipinski definition) is 1. The van der Waals surface area contributed by atoms with Crippen LogP contribution in [0.25, 0.3) is 0 Å². The van der Waals surface area contributed by atoms with Gasteiger partial charge in [0.15, 0.2) is 0 Å². The Morgan fingerprint density at radius 3 is 1.75 bits per heavy atom. The van der Waals surface area contributed by atoms with Crippen LogP contribution in [0.15, 0.2) is 0 Å². The van der Waals surface area contributed by atoms with Crippen LogP contribution in [0.3, 0.4) is 0 Å². The second kappa shape index (κ2) is 10.9. The molecule has 0 radical (unpaired) electrons. The van der Waals surface area contributed by atoms with Gasteiger partial charge in [-0.05, 0) is 0 Å². The molecule has 0 amide bonds. The molecule has 0 bridgehead atoms. The van der Waals surface area contributed by atoms with Crippen LogP contribution in [0, 0.1) is 11.3 Å². The second-order valence-electron chi connectivity index (χ2n) is 0.224. The van der Waals surface area contributed by atoms with Gasteiger partial charge in [0, 0.05) is 28.0 Å². The van der Waals surface area contributed by atoms with Crippen LogP contribution < -0.4 is 0 Å². The Bertz CT molecular complexity index is 27.5. The topological polar surface area (TPSA) is 23.8 Å². The fourth-order valence-electron chi connectivity index (χ4n) is 0. The maximum atomic E-state index is 7.32. The van der Waals surface area contributed by atoms with Gasteiger partial charge in [-0.3, -0.25) is 0 Å². The molecule has 0 aromatic rings. The number of rotatable bonds is 0. The Labute approximate surface area is 39.9 Å². The molecule has 0 aromatic carbocycles. The minimum atomic E-state index is 0. The molecule has 0 saturated heterocycles. The van der Waals surface area contributed by atoms with E-state index in [-0.39, 0.29) is 21.1 Å². The van der Waals surface area contributed by atoms with Gasteiger partial charge < -0.3 is 0 Å². The van der Waals surface area contributed by atoms with Gasteiger partial charge in [-0.1, -0.05) is 0 Å². The van der Waals surface area contributed by atoms with Crippen molar-refractivity contribution < 1.29 is 21.1 Å². The molecule has 22 valence electrons. The van der Waals surface area contributed by atoms with E-state index in [9.17, 15) is 0 Å². The summed E-state index contributed by atoms with van der Waals surface area (Å²) in [5, 5.41) is 7.32. The zero-order valence-corrected chi connectivity index (χ0v) is 4.36. The molecule has 0 atom stereocenters. The standard InChI is InChI=1S/C2H3N.Mo/c1-2-3;/h1H3;. The van der Waals surface area contributed by atoms with Gasteiger partial charge in [0.1, 0.15) is 0 Å². The number of nitrogens with zero attached hydrogens (tertiary/aromatic N) is 1. The summed E-state index contributed by atoms with van der Waals surface area (Å²) < 4.78 is 0. The van der Waals surface area contributed by atoms with E-state index in [0.717, 1.165) is 0 Å². The minimum absolute atomic E-state index is 0. The first-order valence-electron chi connectivity index (χ1n) is 0.724. The first kappa shape index (κ1) is 8.90. The number of nitriles is 1. The summed E-state index contributed by atoms with van der Waals surface area (Å²) in [6.07, 6.45) is 0. The molecular formula is C2H3MoN. The van der Waals surface area contributed by atoms with Crippen molar-refractivity contribution in [1.82, 2.24) is 0 Å². The van der Waals surface area contributed by atoms with Crippen LogP contribution in [0.5, 0.6) is 0 Å². The van der Waals surface area contributed by atoms with E-state index in [1.165, 1.54) is 6.92 Å². The molecule has 2 heteroatoms. The van der Waals surface area contributed by atoms with Crippen molar-refractivity contribution in [3.05, 3.63) is 0 Å². The minimum Gasteiger partial charge on any atom is -0.199 e. The summed E-state index contributed by atoms with van der Waals surface area (Å²) in [4.78, 5) is 0. The van der Waals surface area contributed by atoms with Crippen molar-refractivity contribution in [2.75, 3.05) is 0 Å². The molecule has 0 aliphatic heterocycles. The largest absolute Gasteiger partial charge is 0.199 e. The number of hydrogen-bond donors (Lipinski definition) is 0. The summed E-state index contributed by atoms with van der Waals surface area (Å²) in [5.41, 5.74) is 0. The van der Waals surface area contributed by atoms with E-state index >= 15 is 0 Å². The molecule has 0 heterocycles. The molecule has 0 fully saturated rings. The monoisotopic (exact) mass is 139 g/mol. The molecule has 0 aromatic heterocycles. The third-order valence-electron chi connectivity index (χ3n) is 0. The molecule has 0 unspecified atom stereocenters. The molecule has 0 saturated carbocycles. The Balaban J connectivity index is 0. The van der Waals surface area contributed by atoms with E-state index in [4.69, 9.17) is 5.26 Å². The first-order chi connectivity index (χ1) is 1.41. The van der Waals surface area contributed by atoms with Crippen LogP contribution >= 0.6 is 0 Å². The van der Waals surface area contributed by atoms with Crippen molar-refractivity contribution in [3.63, 3.8) is 0 Å². The third-order valence-corrected chi connectivity index (χ3v) is 0. The molecule has 0 aliphatic rings. The van der Waals surface area contributed by atoms with Crippen molar-refractivity contribution in [1.29, 1.82) is 5.26 Å². The molecule has 0 spiro atoms. The smallest absolute Gasteiger partial charge is 0.0587 e. The summed E-state index contributed by atoms with van der Waals surface area (Å²) >= 11 is 0. The van der Waals surface area contributed by atoms with Crippen LogP contribution in [0.4, 0.5) is 0 Å². The molecule has 1 nitrogen and oxygen atoms in total. The Hall–Kier alpha value is 0.178. The van der Waals surface area contributed by atoms with Crippen molar-refractivity contribution in [2.24, 2.45) is 0 Å². The van der Waals surface area contributed by atoms with E-state index in [2.05, 4.69) is 0 Å². The predicted molar refractivity (Wildman–Crippen MR) is 11.3 cm³/mol. The fourth-order valence-corrected chi connectivity index (χ4v) is 0. The first-order valence-corrected chi connectivity index (χ1v) is 0.724. The van der Waals surface area contributed by atoms with Gasteiger partial charge >= 0.3 is 0 Å². The molecule has 4 heavy (non-hydrogen) atoms. The maximum Gasteiger partial charge on any atom is 0.0587 e. The van der Waals surface area contributed by atoms with Crippen LogP contribution in [0.1, 0.15) is 6.92 Å². The van der Waals surface area contributed by atoms with Gasteiger partial charge in [0.2, 0.25) is 0 Å². The summed E-state index contributed by atoms with van der Waals surface area (Å²) in [5.74, 6) is 0. The van der Waals surface area contributed by atoms with Gasteiger partial charge in [0.25, 0.3) is 0 Å². The zero-order chi connectivity index (χ0) is 2.71. The molecular weight excluding hydrogens is 134 g/mol. The van der Waals surface area contributed by atoms with Crippen molar-refractivity contribution >= 4 is 0 Å². The van der Waals surface area contributed by atoms with Gasteiger partial charge in [0.05, 0.1) is 6.07 Å². The van der Waals surface area contributed by atoms with Crippen LogP contribution in [-0.2, 0) is 21.1 Å². The van der Waals surface area contributed by atoms with Gasteiger partial charge in [-0.25, -0.2) is 0 Å². The summed E-state index contributed by atoms with van der Waals surface area (Å²) in [7, 11) is 0. The third kappa shape index (κ3) is 95.1. The van der Waals surface area contributed by atoms with Gasteiger partial charge in [-0.15, -0.1) is 0 Å². The molecule has 0 rings (SSSR count). The fraction of sp³-hybridized carbons (Fsp3) is 0.500. The van der Waals surface area contributed by atoms with Crippen LogP contribution in [-0.4, -0.2) is 0 Å². The second-order valence-corrected chi connectivity index (χ2v) is 0.224. The molecule has 0 aliphatic carbocycles. The average molecular weight is 137 g/mol. The van der Waals surface area contributed by atoms with Crippen molar-refractivity contribution in [3.8, 4) is 6.07 Å². The Morgan fingerprint density at radius 1 is 1.75 bits per heavy atom. The summed E-state index contributed by atoms with van der Waals surface area (Å²) in [6.45, 7) is 1.43. The van der Waals surface area contributed by atoms with E-state index in [1.807, 2.05) is 0 Å². The Morgan fingerprint density at radius 2 is 1.75 bits per heavy atom. The summed E-state index contributed by atoms with van der Waals surface area (Å²) in [6, 6.07) is 1.75. The zero-order valence-electron chi connectivity index (χ0n) is 2.36. The van der Waals surface area contributed by atoms with Crippen molar-refractivity contribution in [2.45, 2.75) is 6.92 Å². The van der Waals surface area contributed by atoms with Crippen LogP contribution in [0.2, 0.25) is 0 Å². The molecule has 0 N–H and O–H groups in total. The SMILES string of the molecule is CC#N.[Mo]. The van der Waals surface area contributed by atoms with E-state index in [0.29, 0.717) is 0 Å². The van der Waals surface area contributed by atoms with E-state index < -0.39 is 0 Å². The average Bonchev–Trinajstić information content (AvgIpc) is 0.918. The normalized spacial score (nSPS) is 2.00. The predicted octanol–water partition coefficient (Wildman–Crippen LogP) is 0.527.